The van der Waals surface area contributed by atoms with Crippen LogP contribution in [0.2, 0.25) is 0 Å². The average Bonchev–Trinajstić information content (AvgIpc) is 3.36. The van der Waals surface area contributed by atoms with E-state index in [4.69, 9.17) is 19.3 Å². The van der Waals surface area contributed by atoms with E-state index in [1.807, 2.05) is 18.2 Å². The highest BCUT2D eigenvalue weighted by Crippen LogP contribution is 2.30. The Morgan fingerprint density at radius 3 is 2.79 bits per heavy atom. The number of methoxy groups -OCH3 is 1. The molecule has 0 aromatic heterocycles. The number of amides is 2. The summed E-state index contributed by atoms with van der Waals surface area (Å²) in [5, 5.41) is 23.0. The molecule has 1 saturated heterocycles. The second-order valence-corrected chi connectivity index (χ2v) is 9.13. The molecule has 182 valence electrons. The molecule has 1 aliphatic heterocycles. The summed E-state index contributed by atoms with van der Waals surface area (Å²) in [6.45, 7) is 0.963. The highest BCUT2D eigenvalue weighted by molar-refractivity contribution is 14.1. The molecule has 2 aliphatic rings. The molecule has 3 rings (SSSR count). The van der Waals surface area contributed by atoms with Gasteiger partial charge in [0, 0.05) is 38.8 Å². The zero-order valence-electron chi connectivity index (χ0n) is 18.6. The smallest absolute Gasteiger partial charge is 0.252 e. The maximum Gasteiger partial charge on any atom is 0.252 e. The Balaban J connectivity index is 1.91. The minimum atomic E-state index is -1.07. The fraction of sp³-hybridized carbons (Fsp3) is 0.565. The molecule has 0 saturated carbocycles. The molecule has 33 heavy (non-hydrogen) atoms. The minimum Gasteiger partial charge on any atom is -0.482 e. The lowest BCUT2D eigenvalue weighted by Crippen LogP contribution is -2.57. The van der Waals surface area contributed by atoms with Crippen molar-refractivity contribution in [2.24, 2.45) is 0 Å². The standard InChI is InChI=1S/C23H31IN2O7/c1-31-12-9-26(23(30)19-7-4-11-32-19)17-13-15(22(29)25-8-10-27)14-20(21(17)28)33-18-6-3-2-5-16(18)24/h2-3,5-6,14,17,19-21,27-28H,4,7-13H2,1H3,(H,25,29)/t17-,19?,20+,21+/m1/s1. The average molecular weight is 574 g/mol. The van der Waals surface area contributed by atoms with Gasteiger partial charge in [-0.05, 0) is 53.6 Å². The number of hydrogen-bond donors (Lipinski definition) is 3. The molecule has 1 aromatic carbocycles. The van der Waals surface area contributed by atoms with Gasteiger partial charge in [-0.2, -0.15) is 0 Å². The van der Waals surface area contributed by atoms with Crippen molar-refractivity contribution in [3.8, 4) is 5.75 Å². The number of aliphatic hydroxyl groups is 2. The van der Waals surface area contributed by atoms with Crippen LogP contribution in [0.3, 0.4) is 0 Å². The maximum absolute atomic E-state index is 13.3. The third-order valence-corrected chi connectivity index (χ3v) is 6.63. The second kappa shape index (κ2) is 12.7. The van der Waals surface area contributed by atoms with E-state index in [-0.39, 0.29) is 44.5 Å². The molecule has 1 aromatic rings. The number of halogens is 1. The fourth-order valence-corrected chi connectivity index (χ4v) is 4.57. The van der Waals surface area contributed by atoms with E-state index >= 15 is 0 Å². The van der Waals surface area contributed by atoms with Crippen molar-refractivity contribution in [1.82, 2.24) is 10.2 Å². The van der Waals surface area contributed by atoms with Crippen LogP contribution in [-0.4, -0.2) is 91.3 Å². The Morgan fingerprint density at radius 2 is 2.12 bits per heavy atom. The van der Waals surface area contributed by atoms with Gasteiger partial charge in [0.25, 0.3) is 5.91 Å². The van der Waals surface area contributed by atoms with Crippen molar-refractivity contribution >= 4 is 34.4 Å². The molecular weight excluding hydrogens is 543 g/mol. The molecule has 9 nitrogen and oxygen atoms in total. The molecule has 2 amide bonds. The highest BCUT2D eigenvalue weighted by atomic mass is 127. The first-order chi connectivity index (χ1) is 16.0. The van der Waals surface area contributed by atoms with Crippen LogP contribution in [0.25, 0.3) is 0 Å². The summed E-state index contributed by atoms with van der Waals surface area (Å²) < 4.78 is 17.8. The van der Waals surface area contributed by atoms with E-state index in [1.165, 1.54) is 0 Å². The van der Waals surface area contributed by atoms with Gasteiger partial charge in [-0.25, -0.2) is 0 Å². The number of carbonyl (C=O) groups excluding carboxylic acids is 2. The van der Waals surface area contributed by atoms with Crippen molar-refractivity contribution in [3.05, 3.63) is 39.5 Å². The van der Waals surface area contributed by atoms with E-state index in [1.54, 1.807) is 24.2 Å². The van der Waals surface area contributed by atoms with Crippen LogP contribution in [0.15, 0.2) is 35.9 Å². The van der Waals surface area contributed by atoms with Crippen molar-refractivity contribution in [3.63, 3.8) is 0 Å². The zero-order chi connectivity index (χ0) is 23.8. The number of nitrogens with zero attached hydrogens (tertiary/aromatic N) is 1. The summed E-state index contributed by atoms with van der Waals surface area (Å²) in [5.74, 6) is -0.0183. The van der Waals surface area contributed by atoms with Crippen molar-refractivity contribution in [1.29, 1.82) is 0 Å². The lowest BCUT2D eigenvalue weighted by atomic mass is 9.87. The normalized spacial score (nSPS) is 24.8. The van der Waals surface area contributed by atoms with Gasteiger partial charge in [0.2, 0.25) is 5.91 Å². The first-order valence-electron chi connectivity index (χ1n) is 11.1. The molecule has 0 bridgehead atoms. The Morgan fingerprint density at radius 1 is 1.33 bits per heavy atom. The summed E-state index contributed by atoms with van der Waals surface area (Å²) in [5.41, 5.74) is 0.386. The summed E-state index contributed by atoms with van der Waals surface area (Å²) in [6, 6.07) is 6.67. The second-order valence-electron chi connectivity index (χ2n) is 7.97. The van der Waals surface area contributed by atoms with Crippen LogP contribution in [0.5, 0.6) is 5.75 Å². The van der Waals surface area contributed by atoms with E-state index < -0.39 is 24.4 Å². The number of nitrogens with one attached hydrogen (secondary N) is 1. The first-order valence-corrected chi connectivity index (χ1v) is 12.1. The van der Waals surface area contributed by atoms with Crippen LogP contribution < -0.4 is 10.1 Å². The number of hydrogen-bond acceptors (Lipinski definition) is 7. The van der Waals surface area contributed by atoms with Crippen LogP contribution in [0, 0.1) is 3.57 Å². The molecule has 1 heterocycles. The first kappa shape index (κ1) is 25.9. The quantitative estimate of drug-likeness (QED) is 0.355. The molecule has 3 N–H and O–H groups in total. The predicted molar refractivity (Wildman–Crippen MR) is 129 cm³/mol. The summed E-state index contributed by atoms with van der Waals surface area (Å²) >= 11 is 2.14. The van der Waals surface area contributed by atoms with Gasteiger partial charge in [-0.3, -0.25) is 9.59 Å². The maximum atomic E-state index is 13.3. The molecule has 1 fully saturated rings. The topological polar surface area (TPSA) is 118 Å². The predicted octanol–water partition coefficient (Wildman–Crippen LogP) is 0.861. The Kier molecular flexibility index (Phi) is 9.93. The molecule has 1 aliphatic carbocycles. The van der Waals surface area contributed by atoms with Crippen LogP contribution in [-0.2, 0) is 19.1 Å². The highest BCUT2D eigenvalue weighted by Gasteiger charge is 2.42. The minimum absolute atomic E-state index is 0.105. The zero-order valence-corrected chi connectivity index (χ0v) is 20.8. The van der Waals surface area contributed by atoms with Gasteiger partial charge < -0.3 is 34.6 Å². The molecule has 10 heteroatoms. The van der Waals surface area contributed by atoms with Gasteiger partial charge in [-0.1, -0.05) is 12.1 Å². The van der Waals surface area contributed by atoms with Gasteiger partial charge in [0.05, 0.1) is 22.8 Å². The summed E-state index contributed by atoms with van der Waals surface area (Å²) in [4.78, 5) is 27.6. The fourth-order valence-electron chi connectivity index (χ4n) is 4.05. The lowest BCUT2D eigenvalue weighted by Gasteiger charge is -2.41. The van der Waals surface area contributed by atoms with Crippen LogP contribution in [0.4, 0.5) is 0 Å². The molecular formula is C23H31IN2O7. The van der Waals surface area contributed by atoms with Gasteiger partial charge >= 0.3 is 0 Å². The van der Waals surface area contributed by atoms with Crippen molar-refractivity contribution in [2.45, 2.75) is 43.6 Å². The number of para-hydroxylation sites is 1. The van der Waals surface area contributed by atoms with Gasteiger partial charge in [-0.15, -0.1) is 0 Å². The summed E-state index contributed by atoms with van der Waals surface area (Å²) in [7, 11) is 1.54. The third kappa shape index (κ3) is 6.66. The van der Waals surface area contributed by atoms with Gasteiger partial charge in [0.1, 0.15) is 24.1 Å². The van der Waals surface area contributed by atoms with E-state index in [0.29, 0.717) is 24.4 Å². The van der Waals surface area contributed by atoms with Crippen molar-refractivity contribution < 1.29 is 34.0 Å². The van der Waals surface area contributed by atoms with E-state index in [2.05, 4.69) is 27.9 Å². The number of rotatable bonds is 10. The number of benzene rings is 1. The lowest BCUT2D eigenvalue weighted by molar-refractivity contribution is -0.149. The molecule has 0 radical (unpaired) electrons. The number of aliphatic hydroxyl groups excluding tert-OH is 2. The molecule has 0 spiro atoms. The summed E-state index contributed by atoms with van der Waals surface area (Å²) in [6.07, 6.45) is 0.672. The largest absolute Gasteiger partial charge is 0.482 e. The van der Waals surface area contributed by atoms with Crippen LogP contribution >= 0.6 is 22.6 Å². The number of ether oxygens (including phenoxy) is 3. The monoisotopic (exact) mass is 574 g/mol. The van der Waals surface area contributed by atoms with Gasteiger partial charge in [0.15, 0.2) is 0 Å². The number of carbonyl (C=O) groups is 2. The Hall–Kier alpha value is -1.73. The molecule has 1 unspecified atom stereocenters. The van der Waals surface area contributed by atoms with E-state index in [0.717, 1.165) is 9.99 Å². The van der Waals surface area contributed by atoms with Crippen molar-refractivity contribution in [2.75, 3.05) is 40.0 Å². The molecule has 4 atom stereocenters. The SMILES string of the molecule is COCCN(C(=O)C1CCCO1)[C@@H]1CC(C(=O)NCCO)=C[C@H](Oc2ccccc2I)[C@H]1O. The van der Waals surface area contributed by atoms with Crippen LogP contribution in [0.1, 0.15) is 19.3 Å². The van der Waals surface area contributed by atoms with E-state index in [9.17, 15) is 14.7 Å². The Bertz CT molecular complexity index is 844. The third-order valence-electron chi connectivity index (χ3n) is 5.74. The Labute approximate surface area is 207 Å².